The van der Waals surface area contributed by atoms with Gasteiger partial charge in [0.1, 0.15) is 17.4 Å². The summed E-state index contributed by atoms with van der Waals surface area (Å²) in [6, 6.07) is 12.2. The molecule has 3 aromatic rings. The highest BCUT2D eigenvalue weighted by molar-refractivity contribution is 7.99. The smallest absolute Gasteiger partial charge is 0.196 e. The van der Waals surface area contributed by atoms with E-state index >= 15 is 0 Å². The quantitative estimate of drug-likeness (QED) is 0.405. The number of anilines is 3. The molecule has 1 saturated carbocycles. The second-order valence-corrected chi connectivity index (χ2v) is 10.3. The van der Waals surface area contributed by atoms with Crippen LogP contribution in [-0.2, 0) is 17.6 Å². The average molecular weight is 492 g/mol. The second kappa shape index (κ2) is 10.8. The van der Waals surface area contributed by atoms with Gasteiger partial charge in [-0.2, -0.15) is 5.10 Å². The predicted octanol–water partition coefficient (Wildman–Crippen LogP) is 4.32. The van der Waals surface area contributed by atoms with Crippen LogP contribution in [0.25, 0.3) is 0 Å². The monoisotopic (exact) mass is 491 g/mol. The van der Waals surface area contributed by atoms with Crippen LogP contribution >= 0.6 is 11.8 Å². The molecule has 1 aliphatic heterocycles. The highest BCUT2D eigenvalue weighted by Crippen LogP contribution is 2.32. The number of benzene rings is 1. The summed E-state index contributed by atoms with van der Waals surface area (Å²) >= 11 is 1.54. The Kier molecular flexibility index (Phi) is 7.34. The highest BCUT2D eigenvalue weighted by Gasteiger charge is 2.29. The molecule has 5 rings (SSSR count). The van der Waals surface area contributed by atoms with E-state index in [1.165, 1.54) is 11.8 Å². The van der Waals surface area contributed by atoms with Gasteiger partial charge in [-0.05, 0) is 55.3 Å². The Morgan fingerprint density at radius 3 is 2.49 bits per heavy atom. The lowest BCUT2D eigenvalue weighted by molar-refractivity contribution is -0.119. The SMILES string of the molecule is CCc1cc(Nc2cc(N3CCN(CC)CC3)nc(Sc3ccc(CC(=O)C4CC4)cc3)n2)n[nH]1. The van der Waals surface area contributed by atoms with Gasteiger partial charge in [0, 0.05) is 61.2 Å². The van der Waals surface area contributed by atoms with E-state index in [0.717, 1.165) is 85.6 Å². The van der Waals surface area contributed by atoms with Crippen LogP contribution in [0.15, 0.2) is 46.5 Å². The van der Waals surface area contributed by atoms with Crippen molar-refractivity contribution in [1.29, 1.82) is 0 Å². The van der Waals surface area contributed by atoms with Crippen molar-refractivity contribution in [2.45, 2.75) is 49.6 Å². The molecule has 2 aromatic heterocycles. The van der Waals surface area contributed by atoms with Crippen molar-refractivity contribution in [3.05, 3.63) is 47.7 Å². The van der Waals surface area contributed by atoms with E-state index in [1.54, 1.807) is 0 Å². The minimum absolute atomic E-state index is 0.299. The number of ketones is 1. The third-order valence-electron chi connectivity index (χ3n) is 6.65. The van der Waals surface area contributed by atoms with E-state index in [2.05, 4.69) is 51.3 Å². The van der Waals surface area contributed by atoms with Crippen molar-refractivity contribution in [2.75, 3.05) is 42.9 Å². The number of hydrogen-bond donors (Lipinski definition) is 2. The Hall–Kier alpha value is -2.91. The van der Waals surface area contributed by atoms with Crippen LogP contribution in [0.4, 0.5) is 17.5 Å². The summed E-state index contributed by atoms with van der Waals surface area (Å²) in [6.45, 7) is 9.34. The lowest BCUT2D eigenvalue weighted by atomic mass is 10.1. The fraction of sp³-hybridized carbons (Fsp3) is 0.462. The number of piperazine rings is 1. The number of rotatable bonds is 10. The number of nitrogens with one attached hydrogen (secondary N) is 2. The van der Waals surface area contributed by atoms with Gasteiger partial charge in [-0.15, -0.1) is 0 Å². The molecular weight excluding hydrogens is 458 g/mol. The Bertz CT molecular complexity index is 1150. The van der Waals surface area contributed by atoms with Crippen molar-refractivity contribution in [2.24, 2.45) is 5.92 Å². The molecule has 9 heteroatoms. The van der Waals surface area contributed by atoms with Crippen molar-refractivity contribution in [3.63, 3.8) is 0 Å². The Balaban J connectivity index is 1.34. The van der Waals surface area contributed by atoms with Crippen molar-refractivity contribution >= 4 is 35.0 Å². The van der Waals surface area contributed by atoms with Gasteiger partial charge in [0.25, 0.3) is 0 Å². The first-order valence-electron chi connectivity index (χ1n) is 12.6. The van der Waals surface area contributed by atoms with Crippen LogP contribution in [-0.4, -0.2) is 63.6 Å². The first-order chi connectivity index (χ1) is 17.1. The number of carbonyl (C=O) groups excluding carboxylic acids is 1. The van der Waals surface area contributed by atoms with Gasteiger partial charge in [0.15, 0.2) is 11.0 Å². The molecule has 1 aliphatic carbocycles. The Morgan fingerprint density at radius 1 is 1.06 bits per heavy atom. The molecule has 1 aromatic carbocycles. The summed E-state index contributed by atoms with van der Waals surface area (Å²) in [5.41, 5.74) is 2.15. The van der Waals surface area contributed by atoms with Crippen molar-refractivity contribution in [3.8, 4) is 0 Å². The highest BCUT2D eigenvalue weighted by atomic mass is 32.2. The third-order valence-corrected chi connectivity index (χ3v) is 7.52. The standard InChI is InChI=1S/C26H33N7OS/c1-3-20-16-24(31-30-20)27-23-17-25(33-13-11-32(4-2)12-14-33)29-26(28-23)35-21-9-5-18(6-10-21)15-22(34)19-7-8-19/h5-6,9-10,16-17,19H,3-4,7-8,11-15H2,1-2H3,(H2,27,28,29,30,31). The zero-order chi connectivity index (χ0) is 24.2. The predicted molar refractivity (Wildman–Crippen MR) is 140 cm³/mol. The third kappa shape index (κ3) is 6.21. The molecule has 184 valence electrons. The number of nitrogens with zero attached hydrogens (tertiary/aromatic N) is 5. The number of hydrogen-bond acceptors (Lipinski definition) is 8. The molecule has 35 heavy (non-hydrogen) atoms. The molecule has 0 atom stereocenters. The van der Waals surface area contributed by atoms with Crippen LogP contribution in [0.5, 0.6) is 0 Å². The molecule has 2 N–H and O–H groups in total. The van der Waals surface area contributed by atoms with Crippen LogP contribution < -0.4 is 10.2 Å². The summed E-state index contributed by atoms with van der Waals surface area (Å²) in [5, 5.41) is 11.4. The summed E-state index contributed by atoms with van der Waals surface area (Å²) in [7, 11) is 0. The first kappa shape index (κ1) is 23.8. The molecule has 0 radical (unpaired) electrons. The molecule has 3 heterocycles. The molecule has 2 fully saturated rings. The summed E-state index contributed by atoms with van der Waals surface area (Å²) in [5.74, 6) is 3.08. The molecule has 1 saturated heterocycles. The molecule has 2 aliphatic rings. The zero-order valence-electron chi connectivity index (χ0n) is 20.5. The van der Waals surface area contributed by atoms with Crippen LogP contribution in [0.2, 0.25) is 0 Å². The van der Waals surface area contributed by atoms with E-state index in [-0.39, 0.29) is 0 Å². The maximum absolute atomic E-state index is 12.1. The fourth-order valence-electron chi connectivity index (χ4n) is 4.25. The molecule has 0 spiro atoms. The van der Waals surface area contributed by atoms with E-state index < -0.39 is 0 Å². The lowest BCUT2D eigenvalue weighted by Gasteiger charge is -2.34. The van der Waals surface area contributed by atoms with E-state index in [0.29, 0.717) is 23.3 Å². The number of aromatic amines is 1. The topological polar surface area (TPSA) is 90.0 Å². The van der Waals surface area contributed by atoms with Gasteiger partial charge in [0.05, 0.1) is 0 Å². The zero-order valence-corrected chi connectivity index (χ0v) is 21.3. The van der Waals surface area contributed by atoms with Gasteiger partial charge >= 0.3 is 0 Å². The minimum atomic E-state index is 0.299. The number of likely N-dealkylation sites (N-methyl/N-ethyl adjacent to an activating group) is 1. The van der Waals surface area contributed by atoms with Crippen molar-refractivity contribution in [1.82, 2.24) is 25.1 Å². The van der Waals surface area contributed by atoms with Crippen LogP contribution in [0.1, 0.15) is 37.9 Å². The van der Waals surface area contributed by atoms with Crippen LogP contribution in [0, 0.1) is 5.92 Å². The van der Waals surface area contributed by atoms with Gasteiger partial charge < -0.3 is 15.1 Å². The van der Waals surface area contributed by atoms with E-state index in [1.807, 2.05) is 24.3 Å². The number of carbonyl (C=O) groups is 1. The molecule has 8 nitrogen and oxygen atoms in total. The second-order valence-electron chi connectivity index (χ2n) is 9.24. The largest absolute Gasteiger partial charge is 0.354 e. The Morgan fingerprint density at radius 2 is 1.83 bits per heavy atom. The fourth-order valence-corrected chi connectivity index (χ4v) is 5.01. The van der Waals surface area contributed by atoms with E-state index in [4.69, 9.17) is 9.97 Å². The first-order valence-corrected chi connectivity index (χ1v) is 13.4. The molecule has 0 amide bonds. The number of aryl methyl sites for hydroxylation is 1. The van der Waals surface area contributed by atoms with E-state index in [9.17, 15) is 4.79 Å². The summed E-state index contributed by atoms with van der Waals surface area (Å²) in [6.07, 6.45) is 3.54. The van der Waals surface area contributed by atoms with Gasteiger partial charge in [-0.25, -0.2) is 9.97 Å². The average Bonchev–Trinajstić information content (AvgIpc) is 3.64. The lowest BCUT2D eigenvalue weighted by Crippen LogP contribution is -2.46. The van der Waals surface area contributed by atoms with Crippen molar-refractivity contribution < 1.29 is 4.79 Å². The minimum Gasteiger partial charge on any atom is -0.354 e. The number of H-pyrrole nitrogens is 1. The Labute approximate surface area is 210 Å². The summed E-state index contributed by atoms with van der Waals surface area (Å²) in [4.78, 5) is 27.7. The molecule has 0 bridgehead atoms. The molecule has 0 unspecified atom stereocenters. The van der Waals surface area contributed by atoms with Gasteiger partial charge in [-0.1, -0.05) is 26.0 Å². The number of Topliss-reactive ketones (excluding diaryl/α,β-unsaturated/α-hetero) is 1. The number of aromatic nitrogens is 4. The van der Waals surface area contributed by atoms with Gasteiger partial charge in [-0.3, -0.25) is 9.89 Å². The van der Waals surface area contributed by atoms with Crippen LogP contribution in [0.3, 0.4) is 0 Å². The normalized spacial score (nSPS) is 16.5. The summed E-state index contributed by atoms with van der Waals surface area (Å²) < 4.78 is 0. The maximum Gasteiger partial charge on any atom is 0.196 e. The molecular formula is C26H33N7OS. The van der Waals surface area contributed by atoms with Gasteiger partial charge in [0.2, 0.25) is 0 Å². The maximum atomic E-state index is 12.1.